The highest BCUT2D eigenvalue weighted by Gasteiger charge is 2.28. The molecule has 1 aromatic carbocycles. The first-order chi connectivity index (χ1) is 7.04. The van der Waals surface area contributed by atoms with Crippen molar-refractivity contribution >= 4 is 19.7 Å². The minimum Gasteiger partial charge on any atom is -0.495 e. The Morgan fingerprint density at radius 2 is 2.20 bits per heavy atom. The first-order valence-electron chi connectivity index (χ1n) is 4.31. The Bertz CT molecular complexity index is 495. The SMILES string of the molecule is COc1ccc2c(c1S(=O)(=O)Cl)OCC2. The van der Waals surface area contributed by atoms with Crippen molar-refractivity contribution in [3.05, 3.63) is 17.7 Å². The van der Waals surface area contributed by atoms with Crippen LogP contribution in [0, 0.1) is 0 Å². The Morgan fingerprint density at radius 1 is 1.47 bits per heavy atom. The lowest BCUT2D eigenvalue weighted by Gasteiger charge is -2.09. The Morgan fingerprint density at radius 3 is 2.80 bits per heavy atom. The van der Waals surface area contributed by atoms with Gasteiger partial charge < -0.3 is 9.47 Å². The molecule has 0 aromatic heterocycles. The molecule has 4 nitrogen and oxygen atoms in total. The quantitative estimate of drug-likeness (QED) is 0.746. The smallest absolute Gasteiger partial charge is 0.268 e. The molecule has 0 saturated heterocycles. The van der Waals surface area contributed by atoms with Crippen LogP contribution in [0.2, 0.25) is 0 Å². The molecule has 0 atom stereocenters. The summed E-state index contributed by atoms with van der Waals surface area (Å²) >= 11 is 0. The molecule has 15 heavy (non-hydrogen) atoms. The van der Waals surface area contributed by atoms with E-state index in [2.05, 4.69) is 0 Å². The summed E-state index contributed by atoms with van der Waals surface area (Å²) in [5.74, 6) is 0.537. The number of fused-ring (bicyclic) bond motifs is 1. The van der Waals surface area contributed by atoms with E-state index >= 15 is 0 Å². The molecule has 0 N–H and O–H groups in total. The molecule has 0 amide bonds. The van der Waals surface area contributed by atoms with Crippen LogP contribution in [0.3, 0.4) is 0 Å². The molecule has 0 bridgehead atoms. The van der Waals surface area contributed by atoms with E-state index < -0.39 is 9.05 Å². The first kappa shape index (κ1) is 10.6. The summed E-state index contributed by atoms with van der Waals surface area (Å²) < 4.78 is 33.0. The zero-order valence-electron chi connectivity index (χ0n) is 7.99. The summed E-state index contributed by atoms with van der Waals surface area (Å²) in [5.41, 5.74) is 0.843. The van der Waals surface area contributed by atoms with Crippen molar-refractivity contribution in [3.63, 3.8) is 0 Å². The fourth-order valence-electron chi connectivity index (χ4n) is 1.60. The Kier molecular flexibility index (Phi) is 2.52. The molecule has 1 aliphatic rings. The molecule has 2 rings (SSSR count). The monoisotopic (exact) mass is 248 g/mol. The lowest BCUT2D eigenvalue weighted by atomic mass is 10.2. The molecular weight excluding hydrogens is 240 g/mol. The van der Waals surface area contributed by atoms with Gasteiger partial charge in [0.2, 0.25) is 0 Å². The van der Waals surface area contributed by atoms with Crippen LogP contribution in [-0.4, -0.2) is 22.1 Å². The van der Waals surface area contributed by atoms with Gasteiger partial charge in [0.25, 0.3) is 9.05 Å². The van der Waals surface area contributed by atoms with Gasteiger partial charge in [0, 0.05) is 17.1 Å². The summed E-state index contributed by atoms with van der Waals surface area (Å²) in [6.07, 6.45) is 0.693. The summed E-state index contributed by atoms with van der Waals surface area (Å²) in [5, 5.41) is 0. The molecule has 1 heterocycles. The van der Waals surface area contributed by atoms with Crippen molar-refractivity contribution in [2.45, 2.75) is 11.3 Å². The summed E-state index contributed by atoms with van der Waals surface area (Å²) in [6, 6.07) is 3.37. The summed E-state index contributed by atoms with van der Waals surface area (Å²) in [6.45, 7) is 0.474. The third-order valence-electron chi connectivity index (χ3n) is 2.24. The predicted octanol–water partition coefficient (Wildman–Crippen LogP) is 1.56. The second kappa shape index (κ2) is 3.57. The second-order valence-corrected chi connectivity index (χ2v) is 5.62. The van der Waals surface area contributed by atoms with Gasteiger partial charge in [-0.3, -0.25) is 0 Å². The lowest BCUT2D eigenvalue weighted by Crippen LogP contribution is -1.99. The van der Waals surface area contributed by atoms with E-state index in [-0.39, 0.29) is 10.6 Å². The molecule has 82 valence electrons. The van der Waals surface area contributed by atoms with Gasteiger partial charge >= 0.3 is 0 Å². The topological polar surface area (TPSA) is 52.6 Å². The van der Waals surface area contributed by atoms with Crippen LogP contribution in [0.1, 0.15) is 5.56 Å². The first-order valence-corrected chi connectivity index (χ1v) is 6.62. The van der Waals surface area contributed by atoms with Gasteiger partial charge in [-0.05, 0) is 11.6 Å². The number of hydrogen-bond acceptors (Lipinski definition) is 4. The number of benzene rings is 1. The summed E-state index contributed by atoms with van der Waals surface area (Å²) in [7, 11) is 2.88. The van der Waals surface area contributed by atoms with Gasteiger partial charge in [-0.2, -0.15) is 0 Å². The molecule has 0 saturated carbocycles. The van der Waals surface area contributed by atoms with Crippen molar-refractivity contribution < 1.29 is 17.9 Å². The number of hydrogen-bond donors (Lipinski definition) is 0. The average molecular weight is 249 g/mol. The van der Waals surface area contributed by atoms with Gasteiger partial charge in [-0.15, -0.1) is 0 Å². The largest absolute Gasteiger partial charge is 0.495 e. The normalized spacial score (nSPS) is 14.5. The van der Waals surface area contributed by atoms with Crippen LogP contribution in [0.5, 0.6) is 11.5 Å². The standard InChI is InChI=1S/C9H9ClO4S/c1-13-7-3-2-6-4-5-14-8(6)9(7)15(10,11)12/h2-3H,4-5H2,1H3. The molecule has 0 unspecified atom stereocenters. The minimum atomic E-state index is -3.85. The van der Waals surface area contributed by atoms with Gasteiger partial charge in [-0.25, -0.2) is 8.42 Å². The Hall–Kier alpha value is -0.940. The second-order valence-electron chi connectivity index (χ2n) is 3.12. The number of methoxy groups -OCH3 is 1. The van der Waals surface area contributed by atoms with Crippen molar-refractivity contribution in [2.24, 2.45) is 0 Å². The Labute approximate surface area is 92.2 Å². The average Bonchev–Trinajstić information content (AvgIpc) is 2.61. The maximum absolute atomic E-state index is 11.4. The van der Waals surface area contributed by atoms with Gasteiger partial charge in [0.1, 0.15) is 11.5 Å². The van der Waals surface area contributed by atoms with Crippen LogP contribution in [-0.2, 0) is 15.5 Å². The van der Waals surface area contributed by atoms with Gasteiger partial charge in [0.15, 0.2) is 4.90 Å². The van der Waals surface area contributed by atoms with Crippen molar-refractivity contribution in [3.8, 4) is 11.5 Å². The molecular formula is C9H9ClO4S. The van der Waals surface area contributed by atoms with Crippen LogP contribution in [0.4, 0.5) is 0 Å². The van der Waals surface area contributed by atoms with E-state index in [1.807, 2.05) is 0 Å². The molecule has 0 spiro atoms. The van der Waals surface area contributed by atoms with Crippen LogP contribution >= 0.6 is 10.7 Å². The van der Waals surface area contributed by atoms with E-state index in [9.17, 15) is 8.42 Å². The lowest BCUT2D eigenvalue weighted by molar-refractivity contribution is 0.340. The van der Waals surface area contributed by atoms with E-state index in [0.29, 0.717) is 18.8 Å². The van der Waals surface area contributed by atoms with Crippen LogP contribution in [0.25, 0.3) is 0 Å². The zero-order chi connectivity index (χ0) is 11.1. The van der Waals surface area contributed by atoms with Gasteiger partial charge in [0.05, 0.1) is 13.7 Å². The van der Waals surface area contributed by atoms with Crippen LogP contribution in [0.15, 0.2) is 17.0 Å². The summed E-state index contributed by atoms with van der Waals surface area (Å²) in [4.78, 5) is -0.0679. The van der Waals surface area contributed by atoms with E-state index in [0.717, 1.165) is 5.56 Å². The predicted molar refractivity (Wildman–Crippen MR) is 55.2 cm³/mol. The van der Waals surface area contributed by atoms with E-state index in [4.69, 9.17) is 20.2 Å². The Balaban J connectivity index is 2.74. The van der Waals surface area contributed by atoms with Gasteiger partial charge in [-0.1, -0.05) is 6.07 Å². The highest BCUT2D eigenvalue weighted by Crippen LogP contribution is 2.40. The third-order valence-corrected chi connectivity index (χ3v) is 3.58. The molecule has 1 aliphatic heterocycles. The zero-order valence-corrected chi connectivity index (χ0v) is 9.56. The molecule has 0 radical (unpaired) electrons. The van der Waals surface area contributed by atoms with Crippen molar-refractivity contribution in [1.29, 1.82) is 0 Å². The fraction of sp³-hybridized carbons (Fsp3) is 0.333. The van der Waals surface area contributed by atoms with Crippen molar-refractivity contribution in [1.82, 2.24) is 0 Å². The third kappa shape index (κ3) is 1.77. The van der Waals surface area contributed by atoms with E-state index in [1.54, 1.807) is 12.1 Å². The minimum absolute atomic E-state index is 0.0679. The molecule has 1 aromatic rings. The molecule has 6 heteroatoms. The van der Waals surface area contributed by atoms with Crippen LogP contribution < -0.4 is 9.47 Å². The highest BCUT2D eigenvalue weighted by atomic mass is 35.7. The highest BCUT2D eigenvalue weighted by molar-refractivity contribution is 8.14. The maximum Gasteiger partial charge on any atom is 0.268 e. The number of ether oxygens (including phenoxy) is 2. The number of rotatable bonds is 2. The fourth-order valence-corrected chi connectivity index (χ4v) is 2.84. The van der Waals surface area contributed by atoms with E-state index in [1.165, 1.54) is 7.11 Å². The van der Waals surface area contributed by atoms with Crippen molar-refractivity contribution in [2.75, 3.05) is 13.7 Å². The maximum atomic E-state index is 11.4. The number of halogens is 1. The molecule has 0 fully saturated rings. The molecule has 0 aliphatic carbocycles.